The van der Waals surface area contributed by atoms with Gasteiger partial charge in [-0.15, -0.1) is 0 Å². The van der Waals surface area contributed by atoms with Gasteiger partial charge in [-0.05, 0) is 29.8 Å². The fourth-order valence-electron chi connectivity index (χ4n) is 2.22. The Hall–Kier alpha value is -2.76. The molecular formula is C17H12F3NO2. The molecule has 0 bridgehead atoms. The van der Waals surface area contributed by atoms with Crippen molar-refractivity contribution in [2.24, 2.45) is 0 Å². The molecule has 0 aliphatic rings. The molecule has 0 fully saturated rings. The van der Waals surface area contributed by atoms with E-state index in [1.807, 2.05) is 12.1 Å². The number of fused-ring (bicyclic) bond motifs is 1. The number of rotatable bonds is 3. The average molecular weight is 319 g/mol. The van der Waals surface area contributed by atoms with E-state index >= 15 is 0 Å². The van der Waals surface area contributed by atoms with Gasteiger partial charge in [0, 0.05) is 11.9 Å². The first-order valence-corrected chi connectivity index (χ1v) is 6.86. The zero-order valence-electron chi connectivity index (χ0n) is 11.9. The number of hydrogen-bond acceptors (Lipinski definition) is 2. The molecule has 118 valence electrons. The van der Waals surface area contributed by atoms with Gasteiger partial charge in [-0.1, -0.05) is 30.3 Å². The number of hydrogen-bond donors (Lipinski definition) is 1. The average Bonchev–Trinajstić information content (AvgIpc) is 2.96. The second kappa shape index (κ2) is 5.79. The molecule has 1 amide bonds. The molecule has 0 aliphatic heterocycles. The molecule has 0 spiro atoms. The predicted molar refractivity (Wildman–Crippen MR) is 78.8 cm³/mol. The van der Waals surface area contributed by atoms with Crippen molar-refractivity contribution in [3.8, 4) is 0 Å². The van der Waals surface area contributed by atoms with Crippen molar-refractivity contribution in [1.82, 2.24) is 5.32 Å². The van der Waals surface area contributed by atoms with Crippen LogP contribution in [0.1, 0.15) is 21.7 Å². The van der Waals surface area contributed by atoms with Crippen LogP contribution in [-0.4, -0.2) is 5.91 Å². The van der Waals surface area contributed by atoms with Gasteiger partial charge in [0.25, 0.3) is 5.91 Å². The maximum Gasteiger partial charge on any atom is 0.416 e. The zero-order chi connectivity index (χ0) is 16.4. The highest BCUT2D eigenvalue weighted by Crippen LogP contribution is 2.29. The third-order valence-electron chi connectivity index (χ3n) is 3.36. The van der Waals surface area contributed by atoms with E-state index in [1.165, 1.54) is 12.1 Å². The van der Waals surface area contributed by atoms with E-state index in [9.17, 15) is 18.0 Å². The van der Waals surface area contributed by atoms with Gasteiger partial charge in [-0.3, -0.25) is 4.79 Å². The lowest BCUT2D eigenvalue weighted by atomic mass is 10.1. The molecule has 23 heavy (non-hydrogen) atoms. The molecule has 3 rings (SSSR count). The molecular weight excluding hydrogens is 307 g/mol. The first kappa shape index (κ1) is 15.1. The van der Waals surface area contributed by atoms with Gasteiger partial charge in [0.15, 0.2) is 5.76 Å². The minimum Gasteiger partial charge on any atom is -0.451 e. The molecule has 0 saturated heterocycles. The highest BCUT2D eigenvalue weighted by atomic mass is 19.4. The number of halogens is 3. The smallest absolute Gasteiger partial charge is 0.416 e. The van der Waals surface area contributed by atoms with Crippen LogP contribution in [0.4, 0.5) is 13.2 Å². The third-order valence-corrected chi connectivity index (χ3v) is 3.36. The van der Waals surface area contributed by atoms with Crippen LogP contribution >= 0.6 is 0 Å². The minimum absolute atomic E-state index is 0.0141. The Balaban J connectivity index is 1.71. The lowest BCUT2D eigenvalue weighted by molar-refractivity contribution is -0.137. The van der Waals surface area contributed by atoms with E-state index in [-0.39, 0.29) is 12.3 Å². The molecule has 0 radical (unpaired) electrons. The summed E-state index contributed by atoms with van der Waals surface area (Å²) < 4.78 is 43.3. The van der Waals surface area contributed by atoms with E-state index in [2.05, 4.69) is 5.32 Å². The van der Waals surface area contributed by atoms with E-state index in [0.717, 1.165) is 17.5 Å². The number of amides is 1. The molecule has 0 atom stereocenters. The number of carbonyl (C=O) groups is 1. The van der Waals surface area contributed by atoms with Crippen LogP contribution in [0, 0.1) is 0 Å². The van der Waals surface area contributed by atoms with Crippen LogP contribution in [0.15, 0.2) is 59.0 Å². The van der Waals surface area contributed by atoms with Crippen LogP contribution in [0.5, 0.6) is 0 Å². The Morgan fingerprint density at radius 3 is 2.57 bits per heavy atom. The SMILES string of the molecule is O=C(NCc1cccc(C(F)(F)F)c1)c1cc2ccccc2o1. The quantitative estimate of drug-likeness (QED) is 0.778. The predicted octanol–water partition coefficient (Wildman–Crippen LogP) is 4.38. The van der Waals surface area contributed by atoms with Crippen molar-refractivity contribution in [3.63, 3.8) is 0 Å². The molecule has 1 heterocycles. The van der Waals surface area contributed by atoms with Crippen LogP contribution in [0.3, 0.4) is 0 Å². The standard InChI is InChI=1S/C17H12F3NO2/c18-17(19,20)13-6-3-4-11(8-13)10-21-16(22)15-9-12-5-1-2-7-14(12)23-15/h1-9H,10H2,(H,21,22). The molecule has 1 N–H and O–H groups in total. The number of benzene rings is 2. The van der Waals surface area contributed by atoms with Crippen molar-refractivity contribution in [2.75, 3.05) is 0 Å². The van der Waals surface area contributed by atoms with Gasteiger partial charge in [0.05, 0.1) is 5.56 Å². The second-order valence-electron chi connectivity index (χ2n) is 5.03. The summed E-state index contributed by atoms with van der Waals surface area (Å²) in [4.78, 5) is 12.0. The molecule has 0 saturated carbocycles. The number of para-hydroxylation sites is 1. The summed E-state index contributed by atoms with van der Waals surface area (Å²) in [6, 6.07) is 13.6. The number of alkyl halides is 3. The Kier molecular flexibility index (Phi) is 3.82. The van der Waals surface area contributed by atoms with Crippen LogP contribution in [0.2, 0.25) is 0 Å². The molecule has 6 heteroatoms. The highest BCUT2D eigenvalue weighted by Gasteiger charge is 2.30. The Labute approximate surface area is 129 Å². The van der Waals surface area contributed by atoms with Gasteiger partial charge >= 0.3 is 6.18 Å². The van der Waals surface area contributed by atoms with Crippen LogP contribution < -0.4 is 5.32 Å². The zero-order valence-corrected chi connectivity index (χ0v) is 11.9. The number of carbonyl (C=O) groups excluding carboxylic acids is 1. The summed E-state index contributed by atoms with van der Waals surface area (Å²) >= 11 is 0. The molecule has 3 aromatic rings. The summed E-state index contributed by atoms with van der Waals surface area (Å²) in [5.41, 5.74) is 0.203. The number of nitrogens with one attached hydrogen (secondary N) is 1. The van der Waals surface area contributed by atoms with Crippen molar-refractivity contribution in [2.45, 2.75) is 12.7 Å². The Morgan fingerprint density at radius 1 is 1.04 bits per heavy atom. The van der Waals surface area contributed by atoms with Crippen LogP contribution in [-0.2, 0) is 12.7 Å². The fraction of sp³-hybridized carbons (Fsp3) is 0.118. The maximum atomic E-state index is 12.6. The topological polar surface area (TPSA) is 42.2 Å². The monoisotopic (exact) mass is 319 g/mol. The van der Waals surface area contributed by atoms with Crippen molar-refractivity contribution in [1.29, 1.82) is 0 Å². The van der Waals surface area contributed by atoms with Crippen molar-refractivity contribution >= 4 is 16.9 Å². The van der Waals surface area contributed by atoms with Gasteiger partial charge in [0.2, 0.25) is 0 Å². The molecule has 0 aliphatic carbocycles. The fourth-order valence-corrected chi connectivity index (χ4v) is 2.22. The number of furan rings is 1. The van der Waals surface area contributed by atoms with Gasteiger partial charge in [0.1, 0.15) is 5.58 Å². The van der Waals surface area contributed by atoms with Gasteiger partial charge in [-0.25, -0.2) is 0 Å². The van der Waals surface area contributed by atoms with E-state index in [1.54, 1.807) is 18.2 Å². The first-order chi connectivity index (χ1) is 10.9. The molecule has 0 unspecified atom stereocenters. The largest absolute Gasteiger partial charge is 0.451 e. The second-order valence-corrected chi connectivity index (χ2v) is 5.03. The van der Waals surface area contributed by atoms with Gasteiger partial charge < -0.3 is 9.73 Å². The first-order valence-electron chi connectivity index (χ1n) is 6.86. The maximum absolute atomic E-state index is 12.6. The van der Waals surface area contributed by atoms with Crippen molar-refractivity contribution in [3.05, 3.63) is 71.5 Å². The molecule has 2 aromatic carbocycles. The molecule has 1 aromatic heterocycles. The summed E-state index contributed by atoms with van der Waals surface area (Å²) in [5.74, 6) is -0.350. The van der Waals surface area contributed by atoms with Gasteiger partial charge in [-0.2, -0.15) is 13.2 Å². The summed E-state index contributed by atoms with van der Waals surface area (Å²) in [6.45, 7) is -0.0141. The Bertz CT molecular complexity index is 819. The normalized spacial score (nSPS) is 11.6. The minimum atomic E-state index is -4.40. The highest BCUT2D eigenvalue weighted by molar-refractivity contribution is 5.96. The van der Waals surface area contributed by atoms with E-state index in [4.69, 9.17) is 4.42 Å². The van der Waals surface area contributed by atoms with Crippen molar-refractivity contribution < 1.29 is 22.4 Å². The van der Waals surface area contributed by atoms with E-state index < -0.39 is 17.6 Å². The van der Waals surface area contributed by atoms with Crippen LogP contribution in [0.25, 0.3) is 11.0 Å². The summed E-state index contributed by atoms with van der Waals surface area (Å²) in [6.07, 6.45) is -4.40. The summed E-state index contributed by atoms with van der Waals surface area (Å²) in [7, 11) is 0. The third kappa shape index (κ3) is 3.36. The molecule has 3 nitrogen and oxygen atoms in total. The summed E-state index contributed by atoms with van der Waals surface area (Å²) in [5, 5.41) is 3.34. The lowest BCUT2D eigenvalue weighted by Crippen LogP contribution is -2.22. The lowest BCUT2D eigenvalue weighted by Gasteiger charge is -2.09. The Morgan fingerprint density at radius 2 is 1.83 bits per heavy atom. The van der Waals surface area contributed by atoms with E-state index in [0.29, 0.717) is 11.1 Å².